The molecule has 0 atom stereocenters. The van der Waals surface area contributed by atoms with Gasteiger partial charge >= 0.3 is 0 Å². The average molecular weight is 270 g/mol. The molecule has 0 saturated heterocycles. The van der Waals surface area contributed by atoms with Crippen molar-refractivity contribution in [3.63, 3.8) is 0 Å². The van der Waals surface area contributed by atoms with Gasteiger partial charge in [0.1, 0.15) is 10.7 Å². The zero-order valence-corrected chi connectivity index (χ0v) is 11.1. The fraction of sp³-hybridized carbons (Fsp3) is 0.200. The van der Waals surface area contributed by atoms with Gasteiger partial charge in [-0.1, -0.05) is 17.5 Å². The fourth-order valence-electron chi connectivity index (χ4n) is 1.05. The summed E-state index contributed by atoms with van der Waals surface area (Å²) < 4.78 is 3.49. The Morgan fingerprint density at radius 1 is 1.50 bits per heavy atom. The molecule has 16 heavy (non-hydrogen) atoms. The molecule has 0 saturated carbocycles. The van der Waals surface area contributed by atoms with Gasteiger partial charge in [-0.15, -0.1) is 28.2 Å². The third kappa shape index (κ3) is 2.59. The molecule has 0 amide bonds. The molecular formula is C10H8ClN3S2. The van der Waals surface area contributed by atoms with Gasteiger partial charge in [-0.3, -0.25) is 4.68 Å². The van der Waals surface area contributed by atoms with Crippen molar-refractivity contribution >= 4 is 34.7 Å². The van der Waals surface area contributed by atoms with Crippen molar-refractivity contribution in [2.24, 2.45) is 7.05 Å². The zero-order valence-electron chi connectivity index (χ0n) is 8.69. The molecule has 2 heterocycles. The summed E-state index contributed by atoms with van der Waals surface area (Å²) in [7, 11) is 1.81. The van der Waals surface area contributed by atoms with Crippen LogP contribution in [0.15, 0.2) is 16.6 Å². The van der Waals surface area contributed by atoms with Gasteiger partial charge in [-0.2, -0.15) is 0 Å². The summed E-state index contributed by atoms with van der Waals surface area (Å²) in [6, 6.07) is 1.98. The lowest BCUT2D eigenvalue weighted by molar-refractivity contribution is 0.762. The van der Waals surface area contributed by atoms with Crippen LogP contribution in [0.2, 0.25) is 4.34 Å². The highest BCUT2D eigenvalue weighted by Gasteiger charge is 2.03. The number of nitrogens with zero attached hydrogens (tertiary/aromatic N) is 3. The predicted molar refractivity (Wildman–Crippen MR) is 68.1 cm³/mol. The minimum atomic E-state index is 0.510. The van der Waals surface area contributed by atoms with Crippen LogP contribution >= 0.6 is 34.7 Å². The molecule has 0 spiro atoms. The first kappa shape index (κ1) is 11.5. The second-order valence-corrected chi connectivity index (χ2v) is 5.71. The van der Waals surface area contributed by atoms with Gasteiger partial charge < -0.3 is 0 Å². The second kappa shape index (κ2) is 4.91. The zero-order chi connectivity index (χ0) is 11.5. The van der Waals surface area contributed by atoms with Crippen molar-refractivity contribution in [3.8, 4) is 11.8 Å². The lowest BCUT2D eigenvalue weighted by Gasteiger charge is -1.81. The lowest BCUT2D eigenvalue weighted by atomic mass is 10.3. The normalized spacial score (nSPS) is 9.94. The van der Waals surface area contributed by atoms with Crippen LogP contribution in [-0.2, 0) is 7.05 Å². The number of aromatic nitrogens is 3. The molecule has 2 aromatic heterocycles. The van der Waals surface area contributed by atoms with Crippen LogP contribution in [0, 0.1) is 11.8 Å². The van der Waals surface area contributed by atoms with Crippen molar-refractivity contribution in [3.05, 3.63) is 28.1 Å². The Morgan fingerprint density at radius 2 is 2.31 bits per heavy atom. The van der Waals surface area contributed by atoms with Crippen LogP contribution in [0.4, 0.5) is 0 Å². The molecule has 2 rings (SSSR count). The SMILES string of the molecule is CSc1cc(C#Cc2ncn(C)n2)c(Cl)s1. The first-order valence-corrected chi connectivity index (χ1v) is 6.82. The summed E-state index contributed by atoms with van der Waals surface area (Å²) in [6.45, 7) is 0. The third-order valence-corrected chi connectivity index (χ3v) is 4.20. The van der Waals surface area contributed by atoms with Crippen molar-refractivity contribution in [1.29, 1.82) is 0 Å². The monoisotopic (exact) mass is 269 g/mol. The molecule has 0 aromatic carbocycles. The maximum Gasteiger partial charge on any atom is 0.225 e. The molecule has 3 nitrogen and oxygen atoms in total. The van der Waals surface area contributed by atoms with E-state index in [2.05, 4.69) is 21.9 Å². The van der Waals surface area contributed by atoms with Gasteiger partial charge in [-0.25, -0.2) is 4.98 Å². The van der Waals surface area contributed by atoms with E-state index >= 15 is 0 Å². The Hall–Kier alpha value is -0.960. The standard InChI is InChI=1S/C10H8ClN3S2/c1-14-6-12-8(13-14)4-3-7-5-9(15-2)16-10(7)11/h5-6H,1-2H3. The molecular weight excluding hydrogens is 262 g/mol. The van der Waals surface area contributed by atoms with E-state index in [1.807, 2.05) is 19.4 Å². The van der Waals surface area contributed by atoms with E-state index in [4.69, 9.17) is 11.6 Å². The number of thioether (sulfide) groups is 1. The molecule has 6 heteroatoms. The molecule has 0 aliphatic rings. The first-order chi connectivity index (χ1) is 7.69. The molecule has 82 valence electrons. The Morgan fingerprint density at radius 3 is 2.88 bits per heavy atom. The Bertz CT molecular complexity index is 562. The highest BCUT2D eigenvalue weighted by atomic mass is 35.5. The van der Waals surface area contributed by atoms with E-state index in [0.29, 0.717) is 10.2 Å². The van der Waals surface area contributed by atoms with Crippen molar-refractivity contribution < 1.29 is 0 Å². The van der Waals surface area contributed by atoms with E-state index < -0.39 is 0 Å². The van der Waals surface area contributed by atoms with Gasteiger partial charge in [0.15, 0.2) is 0 Å². The van der Waals surface area contributed by atoms with E-state index in [1.54, 1.807) is 22.8 Å². The maximum atomic E-state index is 6.05. The number of hydrogen-bond acceptors (Lipinski definition) is 4. The molecule has 0 radical (unpaired) electrons. The predicted octanol–water partition coefficient (Wildman–Crippen LogP) is 2.65. The molecule has 2 aromatic rings. The van der Waals surface area contributed by atoms with Gasteiger partial charge in [0.2, 0.25) is 5.82 Å². The van der Waals surface area contributed by atoms with Crippen molar-refractivity contribution in [1.82, 2.24) is 14.8 Å². The molecule has 0 bridgehead atoms. The summed E-state index contributed by atoms with van der Waals surface area (Å²) in [4.78, 5) is 4.02. The average Bonchev–Trinajstić information content (AvgIpc) is 2.82. The van der Waals surface area contributed by atoms with Crippen LogP contribution in [0.1, 0.15) is 11.4 Å². The largest absolute Gasteiger partial charge is 0.255 e. The van der Waals surface area contributed by atoms with Gasteiger partial charge in [0.05, 0.1) is 9.77 Å². The molecule has 0 N–H and O–H groups in total. The van der Waals surface area contributed by atoms with Crippen LogP contribution in [0.5, 0.6) is 0 Å². The number of thiophene rings is 1. The van der Waals surface area contributed by atoms with E-state index in [-0.39, 0.29) is 0 Å². The topological polar surface area (TPSA) is 30.7 Å². The first-order valence-electron chi connectivity index (χ1n) is 4.40. The van der Waals surface area contributed by atoms with Crippen LogP contribution in [0.25, 0.3) is 0 Å². The summed E-state index contributed by atoms with van der Waals surface area (Å²) in [5.41, 5.74) is 0.837. The quantitative estimate of drug-likeness (QED) is 0.589. The Kier molecular flexibility index (Phi) is 3.54. The van der Waals surface area contributed by atoms with Crippen LogP contribution < -0.4 is 0 Å². The Labute approximate surface area is 107 Å². The van der Waals surface area contributed by atoms with E-state index in [0.717, 1.165) is 9.77 Å². The summed E-state index contributed by atoms with van der Waals surface area (Å²) in [5.74, 6) is 6.36. The summed E-state index contributed by atoms with van der Waals surface area (Å²) >= 11 is 9.25. The number of halogens is 1. The minimum Gasteiger partial charge on any atom is -0.255 e. The Balaban J connectivity index is 2.26. The lowest BCUT2D eigenvalue weighted by Crippen LogP contribution is -1.87. The van der Waals surface area contributed by atoms with E-state index in [9.17, 15) is 0 Å². The third-order valence-electron chi connectivity index (χ3n) is 1.77. The summed E-state index contributed by atoms with van der Waals surface area (Å²) in [6.07, 6.45) is 3.63. The van der Waals surface area contributed by atoms with Gasteiger partial charge in [-0.05, 0) is 18.2 Å². The molecule has 0 aliphatic heterocycles. The van der Waals surface area contributed by atoms with Crippen molar-refractivity contribution in [2.75, 3.05) is 6.26 Å². The number of aryl methyl sites for hydroxylation is 1. The van der Waals surface area contributed by atoms with Gasteiger partial charge in [0, 0.05) is 7.05 Å². The van der Waals surface area contributed by atoms with Crippen LogP contribution in [-0.4, -0.2) is 21.0 Å². The van der Waals surface area contributed by atoms with E-state index in [1.165, 1.54) is 11.3 Å². The highest BCUT2D eigenvalue weighted by molar-refractivity contribution is 8.00. The fourth-order valence-corrected chi connectivity index (χ4v) is 2.93. The maximum absolute atomic E-state index is 6.05. The highest BCUT2D eigenvalue weighted by Crippen LogP contribution is 2.32. The number of rotatable bonds is 1. The molecule has 0 unspecified atom stereocenters. The smallest absolute Gasteiger partial charge is 0.225 e. The van der Waals surface area contributed by atoms with Crippen molar-refractivity contribution in [2.45, 2.75) is 4.21 Å². The molecule has 0 aliphatic carbocycles. The second-order valence-electron chi connectivity index (χ2n) is 2.95. The summed E-state index contributed by atoms with van der Waals surface area (Å²) in [5, 5.41) is 4.07. The van der Waals surface area contributed by atoms with Gasteiger partial charge in [0.25, 0.3) is 0 Å². The van der Waals surface area contributed by atoms with Crippen LogP contribution in [0.3, 0.4) is 0 Å². The minimum absolute atomic E-state index is 0.510. The number of hydrogen-bond donors (Lipinski definition) is 0. The molecule has 0 fully saturated rings.